The molecule has 0 rings (SSSR count). The smallest absolute Gasteiger partial charge is 0.0786 e. The highest BCUT2D eigenvalue weighted by Gasteiger charge is 2.24. The van der Waals surface area contributed by atoms with Gasteiger partial charge in [0.1, 0.15) is 0 Å². The molecule has 0 aromatic carbocycles. The quantitative estimate of drug-likeness (QED) is 0.409. The first kappa shape index (κ1) is 23.5. The number of hydrogen-bond donors (Lipinski definition) is 0. The van der Waals surface area contributed by atoms with Crippen molar-refractivity contribution >= 4 is 8.60 Å². The van der Waals surface area contributed by atoms with Gasteiger partial charge in [0, 0.05) is 0 Å². The minimum atomic E-state index is -3.37. The zero-order chi connectivity index (χ0) is 16.6. The fourth-order valence-corrected chi connectivity index (χ4v) is 2.64. The molecule has 0 bridgehead atoms. The number of rotatable bonds is 12. The average Bonchev–Trinajstić information content (AvgIpc) is 2.45. The van der Waals surface area contributed by atoms with Crippen molar-refractivity contribution < 1.29 is 19.2 Å². The van der Waals surface area contributed by atoms with Crippen LogP contribution in [0.1, 0.15) is 79.1 Å². The lowest BCUT2D eigenvalue weighted by molar-refractivity contribution is -0.929. The van der Waals surface area contributed by atoms with Crippen LogP contribution in [-0.4, -0.2) is 30.7 Å². The third kappa shape index (κ3) is 16.5. The third-order valence-electron chi connectivity index (χ3n) is 3.94. The number of unbranched alkanes of at least 4 members (excludes halogenated alkanes) is 4. The first-order valence-electron chi connectivity index (χ1n) is 8.64. The van der Waals surface area contributed by atoms with Gasteiger partial charge in [-0.25, -0.2) is 0 Å². The molecule has 5 heteroatoms. The van der Waals surface area contributed by atoms with Crippen molar-refractivity contribution in [3.8, 4) is 0 Å². The van der Waals surface area contributed by atoms with E-state index < -0.39 is 8.60 Å². The Bertz CT molecular complexity index is 164. The van der Waals surface area contributed by atoms with Gasteiger partial charge >= 0.3 is 0 Å². The van der Waals surface area contributed by atoms with Crippen LogP contribution in [0.25, 0.3) is 0 Å². The van der Waals surface area contributed by atoms with Gasteiger partial charge in [0.25, 0.3) is 0 Å². The van der Waals surface area contributed by atoms with Crippen molar-refractivity contribution in [1.29, 1.82) is 0 Å². The number of nitrogens with zero attached hydrogens (tertiary/aromatic N) is 1. The summed E-state index contributed by atoms with van der Waals surface area (Å²) in [7, 11) is -3.37. The van der Waals surface area contributed by atoms with Crippen LogP contribution in [0.5, 0.6) is 0 Å². The summed E-state index contributed by atoms with van der Waals surface area (Å²) in [5, 5.41) is 0. The summed E-state index contributed by atoms with van der Waals surface area (Å²) in [5.74, 6) is 0. The fraction of sp³-hybridized carbons (Fsp3) is 1.00. The van der Waals surface area contributed by atoms with Crippen molar-refractivity contribution in [3.63, 3.8) is 0 Å². The molecular weight excluding hydrogens is 285 g/mol. The van der Waals surface area contributed by atoms with E-state index in [0.29, 0.717) is 0 Å². The monoisotopic (exact) mass is 321 g/mol. The molecule has 0 aliphatic carbocycles. The lowest BCUT2D eigenvalue weighted by atomic mass is 10.1. The first-order valence-corrected chi connectivity index (χ1v) is 9.74. The predicted octanol–water partition coefficient (Wildman–Crippen LogP) is 2.30. The van der Waals surface area contributed by atoms with E-state index in [1.807, 2.05) is 0 Å². The number of quaternary nitrogens is 1. The van der Waals surface area contributed by atoms with Crippen LogP contribution in [0.15, 0.2) is 0 Å². The molecule has 0 radical (unpaired) electrons. The fourth-order valence-electron chi connectivity index (χ4n) is 2.64. The summed E-state index contributed by atoms with van der Waals surface area (Å²) in [4.78, 5) is 25.4. The highest BCUT2D eigenvalue weighted by atomic mass is 31.2. The Morgan fingerprint density at radius 3 is 0.905 bits per heavy atom. The van der Waals surface area contributed by atoms with Crippen molar-refractivity contribution in [2.24, 2.45) is 0 Å². The van der Waals surface area contributed by atoms with E-state index in [9.17, 15) is 0 Å². The van der Waals surface area contributed by atoms with Gasteiger partial charge in [-0.3, -0.25) is 0 Å². The molecule has 130 valence electrons. The molecular formula is C16H36NO3P-2. The Hall–Kier alpha value is 0.270. The standard InChI is InChI=1S/C16H36N.O3P/c1-5-9-13-17(14-10-6-2,15-11-7-3)16-12-8-4;1-4(2)3/h5-16H2,1-4H3;/q+1;-3. The molecule has 0 atom stereocenters. The lowest BCUT2D eigenvalue weighted by Crippen LogP contribution is -2.50. The molecule has 0 fully saturated rings. The van der Waals surface area contributed by atoms with Crippen molar-refractivity contribution in [1.82, 2.24) is 0 Å². The predicted molar refractivity (Wildman–Crippen MR) is 86.3 cm³/mol. The lowest BCUT2D eigenvalue weighted by Gasteiger charge is -2.39. The molecule has 0 amide bonds. The Labute approximate surface area is 133 Å². The van der Waals surface area contributed by atoms with Crippen LogP contribution in [0.2, 0.25) is 0 Å². The first-order chi connectivity index (χ1) is 9.97. The van der Waals surface area contributed by atoms with Crippen molar-refractivity contribution in [3.05, 3.63) is 0 Å². The third-order valence-corrected chi connectivity index (χ3v) is 3.94. The summed E-state index contributed by atoms with van der Waals surface area (Å²) in [5.41, 5.74) is 0. The van der Waals surface area contributed by atoms with Gasteiger partial charge in [-0.15, -0.1) is 0 Å². The van der Waals surface area contributed by atoms with Crippen molar-refractivity contribution in [2.45, 2.75) is 79.1 Å². The van der Waals surface area contributed by atoms with E-state index in [2.05, 4.69) is 27.7 Å². The van der Waals surface area contributed by atoms with Gasteiger partial charge in [0.05, 0.1) is 26.2 Å². The largest absolute Gasteiger partial charge is 0.854 e. The van der Waals surface area contributed by atoms with Gasteiger partial charge in [-0.05, 0) is 25.7 Å². The maximum Gasteiger partial charge on any atom is 0.0786 e. The molecule has 21 heavy (non-hydrogen) atoms. The molecule has 0 aliphatic rings. The Kier molecular flexibility index (Phi) is 18.6. The summed E-state index contributed by atoms with van der Waals surface area (Å²) in [6.07, 6.45) is 11.1. The summed E-state index contributed by atoms with van der Waals surface area (Å²) >= 11 is 0. The van der Waals surface area contributed by atoms with Gasteiger partial charge in [-0.1, -0.05) is 53.4 Å². The van der Waals surface area contributed by atoms with Crippen LogP contribution in [-0.2, 0) is 0 Å². The average molecular weight is 321 g/mol. The summed E-state index contributed by atoms with van der Waals surface area (Å²) in [6, 6.07) is 0. The van der Waals surface area contributed by atoms with E-state index in [1.54, 1.807) is 0 Å². The van der Waals surface area contributed by atoms with Crippen LogP contribution in [0.3, 0.4) is 0 Å². The summed E-state index contributed by atoms with van der Waals surface area (Å²) < 4.78 is 1.42. The van der Waals surface area contributed by atoms with E-state index in [4.69, 9.17) is 14.7 Å². The second kappa shape index (κ2) is 16.6. The zero-order valence-corrected chi connectivity index (χ0v) is 15.5. The molecule has 0 saturated heterocycles. The maximum atomic E-state index is 8.48. The van der Waals surface area contributed by atoms with Gasteiger partial charge < -0.3 is 27.8 Å². The molecule has 0 aromatic rings. The van der Waals surface area contributed by atoms with Gasteiger partial charge in [0.2, 0.25) is 0 Å². The van der Waals surface area contributed by atoms with E-state index in [0.717, 1.165) is 0 Å². The van der Waals surface area contributed by atoms with Gasteiger partial charge in [0.15, 0.2) is 0 Å². The molecule has 0 aliphatic heterocycles. The topological polar surface area (TPSA) is 69.2 Å². The van der Waals surface area contributed by atoms with E-state index in [-0.39, 0.29) is 0 Å². The summed E-state index contributed by atoms with van der Waals surface area (Å²) in [6.45, 7) is 15.0. The minimum Gasteiger partial charge on any atom is -0.854 e. The molecule has 0 saturated carbocycles. The second-order valence-electron chi connectivity index (χ2n) is 5.87. The maximum absolute atomic E-state index is 8.48. The highest BCUT2D eigenvalue weighted by molar-refractivity contribution is 7.33. The molecule has 0 aromatic heterocycles. The normalized spacial score (nSPS) is 11.4. The molecule has 0 N–H and O–H groups in total. The van der Waals surface area contributed by atoms with Crippen LogP contribution >= 0.6 is 8.60 Å². The highest BCUT2D eigenvalue weighted by Crippen LogP contribution is 2.16. The number of hydrogen-bond acceptors (Lipinski definition) is 3. The molecule has 0 unspecified atom stereocenters. The van der Waals surface area contributed by atoms with Crippen LogP contribution in [0.4, 0.5) is 0 Å². The molecule has 0 heterocycles. The van der Waals surface area contributed by atoms with Gasteiger partial charge in [-0.2, -0.15) is 0 Å². The van der Waals surface area contributed by atoms with Crippen molar-refractivity contribution in [2.75, 3.05) is 26.2 Å². The van der Waals surface area contributed by atoms with Crippen LogP contribution in [0, 0.1) is 0 Å². The van der Waals surface area contributed by atoms with Crippen LogP contribution < -0.4 is 14.7 Å². The SMILES string of the molecule is CCCC[N+](CCCC)(CCCC)CCCC.[O-]P([O-])[O-]. The Balaban J connectivity index is 0. The second-order valence-corrected chi connectivity index (χ2v) is 6.32. The van der Waals surface area contributed by atoms with E-state index >= 15 is 0 Å². The Morgan fingerprint density at radius 2 is 0.762 bits per heavy atom. The van der Waals surface area contributed by atoms with E-state index in [1.165, 1.54) is 82.0 Å². The Morgan fingerprint density at radius 1 is 0.571 bits per heavy atom. The molecule has 0 spiro atoms. The minimum absolute atomic E-state index is 1.35. The zero-order valence-electron chi connectivity index (χ0n) is 14.6. The molecule has 4 nitrogen and oxygen atoms in total.